The fraction of sp³-hybridized carbons (Fsp3) is 0.194. The summed E-state index contributed by atoms with van der Waals surface area (Å²) in [4.78, 5) is 13.3. The van der Waals surface area contributed by atoms with Crippen molar-refractivity contribution in [2.24, 2.45) is 5.92 Å². The Morgan fingerprint density at radius 1 is 0.979 bits per heavy atom. The van der Waals surface area contributed by atoms with Crippen LogP contribution in [0.3, 0.4) is 0 Å². The normalized spacial score (nSPS) is 15.7. The van der Waals surface area contributed by atoms with E-state index in [2.05, 4.69) is 9.88 Å². The van der Waals surface area contributed by atoms with Crippen molar-refractivity contribution < 1.29 is 26.8 Å². The van der Waals surface area contributed by atoms with Crippen LogP contribution in [0, 0.1) is 11.7 Å². The molecule has 8 rings (SSSR count). The van der Waals surface area contributed by atoms with Gasteiger partial charge in [0.2, 0.25) is 10.0 Å². The standard InChI is InChI=1S/C36H29ClFN3O5S/c1-39-35(42)31-25-17-24(28(40(2)47(3,43)44)18-30(25)45-34(31)19-10-13-22(38)14-11-19)21-12-15-29-26(16-21)33-32(37)23-6-4-5-7-27(23)41(33)36(46-29)20-8-9-20/h4-7,10-18,20,36H,8-9H2,1-3H3,(H,39,42). The molecule has 1 aliphatic carbocycles. The summed E-state index contributed by atoms with van der Waals surface area (Å²) in [5, 5.41) is 4.70. The third-order valence-electron chi connectivity index (χ3n) is 9.13. The first-order chi connectivity index (χ1) is 22.5. The van der Waals surface area contributed by atoms with E-state index in [4.69, 9.17) is 20.8 Å². The van der Waals surface area contributed by atoms with E-state index in [1.165, 1.54) is 42.7 Å². The number of para-hydroxylation sites is 1. The number of ether oxygens (including phenoxy) is 1. The van der Waals surface area contributed by atoms with Crippen LogP contribution in [0.5, 0.6) is 5.75 Å². The van der Waals surface area contributed by atoms with Gasteiger partial charge in [0.1, 0.15) is 22.9 Å². The summed E-state index contributed by atoms with van der Waals surface area (Å²) in [6.07, 6.45) is 3.08. The number of carbonyl (C=O) groups excluding carboxylic acids is 1. The Labute approximate surface area is 275 Å². The van der Waals surface area contributed by atoms with Crippen LogP contribution >= 0.6 is 11.6 Å². The number of fused-ring (bicyclic) bond motifs is 6. The molecule has 1 aliphatic heterocycles. The summed E-state index contributed by atoms with van der Waals surface area (Å²) in [5.41, 5.74) is 5.24. The van der Waals surface area contributed by atoms with Gasteiger partial charge in [-0.3, -0.25) is 9.10 Å². The number of halogens is 2. The molecule has 3 heterocycles. The van der Waals surface area contributed by atoms with Crippen molar-refractivity contribution in [2.75, 3.05) is 24.7 Å². The first kappa shape index (κ1) is 29.6. The van der Waals surface area contributed by atoms with Crippen molar-refractivity contribution >= 4 is 55.1 Å². The third kappa shape index (κ3) is 4.69. The molecule has 11 heteroatoms. The fourth-order valence-electron chi connectivity index (χ4n) is 6.55. The lowest BCUT2D eigenvalue weighted by Crippen LogP contribution is -2.25. The predicted molar refractivity (Wildman–Crippen MR) is 182 cm³/mol. The molecule has 2 aliphatic rings. The number of nitrogens with zero attached hydrogens (tertiary/aromatic N) is 2. The maximum atomic E-state index is 13.8. The minimum atomic E-state index is -3.72. The minimum Gasteiger partial charge on any atom is -0.469 e. The first-order valence-electron chi connectivity index (χ1n) is 15.2. The van der Waals surface area contributed by atoms with Crippen molar-refractivity contribution in [3.05, 3.63) is 95.3 Å². The number of anilines is 1. The Bertz CT molecular complexity index is 2380. The number of sulfonamides is 1. The summed E-state index contributed by atoms with van der Waals surface area (Å²) >= 11 is 7.11. The van der Waals surface area contributed by atoms with Crippen LogP contribution in [0.4, 0.5) is 10.1 Å². The van der Waals surface area contributed by atoms with E-state index in [-0.39, 0.29) is 17.6 Å². The Morgan fingerprint density at radius 3 is 2.40 bits per heavy atom. The zero-order valence-corrected chi connectivity index (χ0v) is 27.2. The lowest BCUT2D eigenvalue weighted by Gasteiger charge is -2.31. The molecular weight excluding hydrogens is 641 g/mol. The van der Waals surface area contributed by atoms with Crippen LogP contribution in [0.25, 0.3) is 55.6 Å². The van der Waals surface area contributed by atoms with Crippen molar-refractivity contribution in [3.8, 4) is 39.5 Å². The van der Waals surface area contributed by atoms with Crippen molar-refractivity contribution in [2.45, 2.75) is 19.1 Å². The zero-order chi connectivity index (χ0) is 32.8. The number of nitrogens with one attached hydrogen (secondary N) is 1. The van der Waals surface area contributed by atoms with Crippen molar-refractivity contribution in [1.82, 2.24) is 9.88 Å². The number of carbonyl (C=O) groups is 1. The Morgan fingerprint density at radius 2 is 1.70 bits per heavy atom. The number of amides is 1. The summed E-state index contributed by atoms with van der Waals surface area (Å²) in [7, 11) is -0.726. The molecule has 1 unspecified atom stereocenters. The van der Waals surface area contributed by atoms with E-state index in [0.717, 1.165) is 41.3 Å². The summed E-state index contributed by atoms with van der Waals surface area (Å²) < 4.78 is 55.9. The quantitative estimate of drug-likeness (QED) is 0.193. The highest BCUT2D eigenvalue weighted by atomic mass is 35.5. The van der Waals surface area contributed by atoms with Gasteiger partial charge >= 0.3 is 0 Å². The Kier molecular flexibility index (Phi) is 6.68. The van der Waals surface area contributed by atoms with E-state index >= 15 is 0 Å². The van der Waals surface area contributed by atoms with Gasteiger partial charge in [0.15, 0.2) is 6.23 Å². The van der Waals surface area contributed by atoms with Gasteiger partial charge in [-0.1, -0.05) is 35.9 Å². The number of benzene rings is 4. The molecule has 0 spiro atoms. The van der Waals surface area contributed by atoms with Gasteiger partial charge in [-0.25, -0.2) is 12.8 Å². The highest BCUT2D eigenvalue weighted by molar-refractivity contribution is 7.92. The lowest BCUT2D eigenvalue weighted by atomic mass is 9.96. The highest BCUT2D eigenvalue weighted by Gasteiger charge is 2.40. The average Bonchev–Trinajstić information content (AvgIpc) is 3.79. The van der Waals surface area contributed by atoms with E-state index < -0.39 is 21.7 Å². The second kappa shape index (κ2) is 10.6. The molecule has 8 nitrogen and oxygen atoms in total. The number of aromatic nitrogens is 1. The van der Waals surface area contributed by atoms with E-state index in [9.17, 15) is 17.6 Å². The molecule has 1 N–H and O–H groups in total. The lowest BCUT2D eigenvalue weighted by molar-refractivity contribution is 0.0964. The van der Waals surface area contributed by atoms with Gasteiger partial charge in [-0.2, -0.15) is 0 Å². The monoisotopic (exact) mass is 669 g/mol. The Balaban J connectivity index is 1.39. The SMILES string of the molecule is CNC(=O)c1c(-c2ccc(F)cc2)oc2cc(N(C)S(C)(=O)=O)c(-c3ccc4c(c3)-c3c(Cl)c5ccccc5n3C(C3CC3)O4)cc12. The van der Waals surface area contributed by atoms with Crippen LogP contribution in [-0.2, 0) is 10.0 Å². The topological polar surface area (TPSA) is 93.8 Å². The molecule has 2 aromatic heterocycles. The second-order valence-corrected chi connectivity index (χ2v) is 14.5. The molecule has 6 aromatic rings. The van der Waals surface area contributed by atoms with E-state index in [0.29, 0.717) is 50.0 Å². The molecule has 1 amide bonds. The van der Waals surface area contributed by atoms with Crippen LogP contribution in [0.15, 0.2) is 83.3 Å². The molecule has 4 aromatic carbocycles. The maximum absolute atomic E-state index is 13.8. The number of hydrogen-bond acceptors (Lipinski definition) is 5. The molecule has 0 bridgehead atoms. The molecule has 1 atom stereocenters. The zero-order valence-electron chi connectivity index (χ0n) is 25.7. The maximum Gasteiger partial charge on any atom is 0.255 e. The second-order valence-electron chi connectivity index (χ2n) is 12.1. The summed E-state index contributed by atoms with van der Waals surface area (Å²) in [5.74, 6) is 0.482. The third-order valence-corrected chi connectivity index (χ3v) is 10.7. The molecule has 1 saturated carbocycles. The number of hydrogen-bond donors (Lipinski definition) is 1. The van der Waals surface area contributed by atoms with Crippen LogP contribution in [0.2, 0.25) is 5.02 Å². The molecule has 0 saturated heterocycles. The van der Waals surface area contributed by atoms with Crippen molar-refractivity contribution in [3.63, 3.8) is 0 Å². The summed E-state index contributed by atoms with van der Waals surface area (Å²) in [6.45, 7) is 0. The van der Waals surface area contributed by atoms with Gasteiger partial charge < -0.3 is 19.0 Å². The highest BCUT2D eigenvalue weighted by Crippen LogP contribution is 2.54. The van der Waals surface area contributed by atoms with Gasteiger partial charge in [0.25, 0.3) is 5.91 Å². The predicted octanol–water partition coefficient (Wildman–Crippen LogP) is 8.24. The van der Waals surface area contributed by atoms with E-state index in [1.54, 1.807) is 12.1 Å². The molecule has 1 fully saturated rings. The first-order valence-corrected chi connectivity index (χ1v) is 17.4. The van der Waals surface area contributed by atoms with E-state index in [1.807, 2.05) is 42.5 Å². The summed E-state index contributed by atoms with van der Waals surface area (Å²) in [6, 6.07) is 22.8. The average molecular weight is 670 g/mol. The van der Waals surface area contributed by atoms with Crippen LogP contribution in [-0.4, -0.2) is 39.2 Å². The largest absolute Gasteiger partial charge is 0.469 e. The molecule has 47 heavy (non-hydrogen) atoms. The molecule has 0 radical (unpaired) electrons. The Hall–Kier alpha value is -4.80. The van der Waals surface area contributed by atoms with Gasteiger partial charge in [-0.05, 0) is 66.9 Å². The minimum absolute atomic E-state index is 0.185. The number of furan rings is 1. The number of rotatable bonds is 6. The van der Waals surface area contributed by atoms with Gasteiger partial charge in [-0.15, -0.1) is 0 Å². The fourth-order valence-corrected chi connectivity index (χ4v) is 7.41. The van der Waals surface area contributed by atoms with Gasteiger partial charge in [0.05, 0.1) is 33.7 Å². The van der Waals surface area contributed by atoms with Crippen molar-refractivity contribution in [1.29, 1.82) is 0 Å². The molecule has 238 valence electrons. The van der Waals surface area contributed by atoms with Gasteiger partial charge in [0, 0.05) is 53.5 Å². The van der Waals surface area contributed by atoms with Crippen LogP contribution in [0.1, 0.15) is 29.4 Å². The smallest absolute Gasteiger partial charge is 0.255 e. The molecular formula is C36H29ClFN3O5S. The van der Waals surface area contributed by atoms with Crippen LogP contribution < -0.4 is 14.4 Å².